The lowest BCUT2D eigenvalue weighted by molar-refractivity contribution is -0.122. The van der Waals surface area contributed by atoms with Crippen molar-refractivity contribution in [1.82, 2.24) is 5.32 Å². The fraction of sp³-hybridized carbons (Fsp3) is 0.350. The fourth-order valence-corrected chi connectivity index (χ4v) is 4.84. The van der Waals surface area contributed by atoms with Gasteiger partial charge in [0.05, 0.1) is 11.4 Å². The van der Waals surface area contributed by atoms with Crippen LogP contribution in [0.1, 0.15) is 30.9 Å². The first kappa shape index (κ1) is 17.9. The summed E-state index contributed by atoms with van der Waals surface area (Å²) in [5.41, 5.74) is 2.33. The molecule has 4 rings (SSSR count). The molecule has 27 heavy (non-hydrogen) atoms. The van der Waals surface area contributed by atoms with Crippen LogP contribution in [0.3, 0.4) is 0 Å². The van der Waals surface area contributed by atoms with E-state index in [4.69, 9.17) is 0 Å². The number of anilines is 2. The zero-order valence-corrected chi connectivity index (χ0v) is 15.8. The molecule has 1 atom stereocenters. The highest BCUT2D eigenvalue weighted by Gasteiger charge is 2.29. The smallest absolute Gasteiger partial charge is 0.247 e. The maximum atomic E-state index is 12.7. The van der Waals surface area contributed by atoms with Gasteiger partial charge >= 0.3 is 0 Å². The van der Waals surface area contributed by atoms with Crippen molar-refractivity contribution in [2.75, 3.05) is 21.9 Å². The fourth-order valence-electron chi connectivity index (χ4n) is 3.28. The minimum Gasteiger partial charge on any atom is -0.370 e. The van der Waals surface area contributed by atoms with Crippen molar-refractivity contribution in [3.63, 3.8) is 0 Å². The first-order chi connectivity index (χ1) is 13.0. The Morgan fingerprint density at radius 2 is 1.74 bits per heavy atom. The number of sulfonamides is 1. The number of benzene rings is 2. The molecule has 142 valence electrons. The molecule has 1 saturated carbocycles. The predicted molar refractivity (Wildman–Crippen MR) is 106 cm³/mol. The first-order valence-corrected chi connectivity index (χ1v) is 10.9. The van der Waals surface area contributed by atoms with Crippen LogP contribution in [-0.2, 0) is 14.8 Å². The van der Waals surface area contributed by atoms with Gasteiger partial charge in [0.2, 0.25) is 15.9 Å². The Balaban J connectivity index is 1.53. The van der Waals surface area contributed by atoms with Gasteiger partial charge in [-0.25, -0.2) is 8.42 Å². The van der Waals surface area contributed by atoms with Gasteiger partial charge in [-0.2, -0.15) is 0 Å². The number of hydrogen-bond acceptors (Lipinski definition) is 4. The van der Waals surface area contributed by atoms with Crippen molar-refractivity contribution >= 4 is 27.3 Å². The normalized spacial score (nSPS) is 19.5. The highest BCUT2D eigenvalue weighted by molar-refractivity contribution is 7.93. The summed E-state index contributed by atoms with van der Waals surface area (Å²) < 4.78 is 25.6. The highest BCUT2D eigenvalue weighted by atomic mass is 32.2. The summed E-state index contributed by atoms with van der Waals surface area (Å²) in [6, 6.07) is 16.6. The maximum Gasteiger partial charge on any atom is 0.247 e. The molecule has 1 amide bonds. The summed E-state index contributed by atoms with van der Waals surface area (Å²) in [7, 11) is -3.19. The van der Waals surface area contributed by atoms with Crippen LogP contribution in [0.25, 0.3) is 0 Å². The third kappa shape index (κ3) is 4.08. The predicted octanol–water partition coefficient (Wildman–Crippen LogP) is 2.66. The second-order valence-corrected chi connectivity index (χ2v) is 9.07. The van der Waals surface area contributed by atoms with Crippen molar-refractivity contribution in [1.29, 1.82) is 0 Å². The zero-order valence-electron chi connectivity index (χ0n) is 15.0. The lowest BCUT2D eigenvalue weighted by Crippen LogP contribution is -2.34. The van der Waals surface area contributed by atoms with Crippen LogP contribution in [0, 0.1) is 0 Å². The molecule has 0 bridgehead atoms. The number of carbonyl (C=O) groups is 1. The van der Waals surface area contributed by atoms with E-state index < -0.39 is 16.1 Å². The monoisotopic (exact) mass is 385 g/mol. The van der Waals surface area contributed by atoms with E-state index in [0.717, 1.165) is 24.1 Å². The number of amides is 1. The molecule has 6 nitrogen and oxygen atoms in total. The van der Waals surface area contributed by atoms with Gasteiger partial charge in [0.25, 0.3) is 0 Å². The lowest BCUT2D eigenvalue weighted by Gasteiger charge is -2.21. The number of carbonyl (C=O) groups excluding carboxylic acids is 1. The van der Waals surface area contributed by atoms with E-state index in [1.165, 1.54) is 4.31 Å². The second-order valence-electron chi connectivity index (χ2n) is 7.06. The summed E-state index contributed by atoms with van der Waals surface area (Å²) in [6.45, 7) is 0.519. The third-order valence-corrected chi connectivity index (χ3v) is 6.75. The van der Waals surface area contributed by atoms with Crippen LogP contribution in [0.4, 0.5) is 11.4 Å². The van der Waals surface area contributed by atoms with Gasteiger partial charge in [0.1, 0.15) is 6.04 Å². The van der Waals surface area contributed by atoms with Crippen LogP contribution in [0.5, 0.6) is 0 Å². The van der Waals surface area contributed by atoms with Gasteiger partial charge in [-0.3, -0.25) is 9.10 Å². The van der Waals surface area contributed by atoms with Crippen LogP contribution in [0.15, 0.2) is 54.6 Å². The van der Waals surface area contributed by atoms with E-state index >= 15 is 0 Å². The molecule has 1 aliphatic carbocycles. The first-order valence-electron chi connectivity index (χ1n) is 9.25. The molecule has 1 saturated heterocycles. The Morgan fingerprint density at radius 1 is 1.04 bits per heavy atom. The number of hydrogen-bond donors (Lipinski definition) is 2. The van der Waals surface area contributed by atoms with Crippen molar-refractivity contribution < 1.29 is 13.2 Å². The number of nitrogens with one attached hydrogen (secondary N) is 2. The second kappa shape index (κ2) is 7.23. The van der Waals surface area contributed by atoms with Gasteiger partial charge in [0.15, 0.2) is 0 Å². The van der Waals surface area contributed by atoms with Crippen molar-refractivity contribution in [2.24, 2.45) is 0 Å². The summed E-state index contributed by atoms with van der Waals surface area (Å²) in [4.78, 5) is 12.7. The van der Waals surface area contributed by atoms with Crippen LogP contribution >= 0.6 is 0 Å². The standard InChI is InChI=1S/C20H23N3O3S/c24-20(22-17-7-8-17)19(15-5-2-1-3-6-15)21-16-9-11-18(12-10-16)23-13-4-14-27(23,25)26/h1-3,5-6,9-12,17,19,21H,4,7-8,13-14H2,(H,22,24). The molecule has 2 aromatic rings. The summed E-state index contributed by atoms with van der Waals surface area (Å²) in [5, 5.41) is 6.34. The Kier molecular flexibility index (Phi) is 4.78. The van der Waals surface area contributed by atoms with Crippen LogP contribution in [0.2, 0.25) is 0 Å². The molecule has 0 spiro atoms. The van der Waals surface area contributed by atoms with E-state index in [1.54, 1.807) is 12.1 Å². The molecule has 1 heterocycles. The van der Waals surface area contributed by atoms with Gasteiger partial charge in [-0.1, -0.05) is 30.3 Å². The molecular formula is C20H23N3O3S. The summed E-state index contributed by atoms with van der Waals surface area (Å²) in [5.74, 6) is 0.152. The minimum absolute atomic E-state index is 0.0464. The summed E-state index contributed by atoms with van der Waals surface area (Å²) >= 11 is 0. The van der Waals surface area contributed by atoms with E-state index in [2.05, 4.69) is 10.6 Å². The van der Waals surface area contributed by atoms with Gasteiger partial charge < -0.3 is 10.6 Å². The zero-order chi connectivity index (χ0) is 18.9. The number of rotatable bonds is 6. The molecule has 7 heteroatoms. The molecule has 0 radical (unpaired) electrons. The SMILES string of the molecule is O=C(NC1CC1)C(Nc1ccc(N2CCCS2(=O)=O)cc1)c1ccccc1. The molecule has 2 aromatic carbocycles. The van der Waals surface area contributed by atoms with Crippen molar-refractivity contribution in [3.05, 3.63) is 60.2 Å². The van der Waals surface area contributed by atoms with Crippen molar-refractivity contribution in [2.45, 2.75) is 31.3 Å². The van der Waals surface area contributed by atoms with E-state index in [9.17, 15) is 13.2 Å². The maximum absolute atomic E-state index is 12.7. The van der Waals surface area contributed by atoms with E-state index in [-0.39, 0.29) is 17.7 Å². The molecular weight excluding hydrogens is 362 g/mol. The van der Waals surface area contributed by atoms with E-state index in [0.29, 0.717) is 18.7 Å². The van der Waals surface area contributed by atoms with Crippen LogP contribution in [-0.4, -0.2) is 32.7 Å². The molecule has 2 aliphatic rings. The Hall–Kier alpha value is -2.54. The lowest BCUT2D eigenvalue weighted by atomic mass is 10.1. The topological polar surface area (TPSA) is 78.5 Å². The Labute approximate surface area is 159 Å². The molecule has 1 unspecified atom stereocenters. The average molecular weight is 385 g/mol. The molecule has 0 aromatic heterocycles. The Morgan fingerprint density at radius 3 is 2.33 bits per heavy atom. The third-order valence-electron chi connectivity index (χ3n) is 4.88. The average Bonchev–Trinajstić information content (AvgIpc) is 3.41. The number of nitrogens with zero attached hydrogens (tertiary/aromatic N) is 1. The molecule has 1 aliphatic heterocycles. The molecule has 2 N–H and O–H groups in total. The molecule has 2 fully saturated rings. The largest absolute Gasteiger partial charge is 0.370 e. The van der Waals surface area contributed by atoms with Crippen molar-refractivity contribution in [3.8, 4) is 0 Å². The Bertz CT molecular complexity index is 909. The van der Waals surface area contributed by atoms with Gasteiger partial charge in [-0.15, -0.1) is 0 Å². The summed E-state index contributed by atoms with van der Waals surface area (Å²) in [6.07, 6.45) is 2.72. The highest BCUT2D eigenvalue weighted by Crippen LogP contribution is 2.28. The van der Waals surface area contributed by atoms with Gasteiger partial charge in [0, 0.05) is 18.3 Å². The van der Waals surface area contributed by atoms with Gasteiger partial charge in [-0.05, 0) is 49.1 Å². The van der Waals surface area contributed by atoms with E-state index in [1.807, 2.05) is 42.5 Å². The minimum atomic E-state index is -3.19. The van der Waals surface area contributed by atoms with Crippen LogP contribution < -0.4 is 14.9 Å². The quantitative estimate of drug-likeness (QED) is 0.801.